The summed E-state index contributed by atoms with van der Waals surface area (Å²) in [5, 5.41) is 9.12. The molecule has 1 aliphatic heterocycles. The first-order valence-corrected chi connectivity index (χ1v) is 5.77. The highest BCUT2D eigenvalue weighted by Gasteiger charge is 2.27. The number of hydrogen-bond acceptors (Lipinski definition) is 4. The largest absolute Gasteiger partial charge is 0.480 e. The molecule has 1 aliphatic rings. The van der Waals surface area contributed by atoms with Crippen LogP contribution < -0.4 is 0 Å². The maximum Gasteiger partial charge on any atom is 0.323 e. The van der Waals surface area contributed by atoms with Crippen LogP contribution in [0, 0.1) is 0 Å². The number of aliphatic carboxylic acids is 1. The molecule has 1 unspecified atom stereocenters. The van der Waals surface area contributed by atoms with Crippen LogP contribution in [-0.2, 0) is 14.3 Å². The molecular weight excluding hydrogens is 224 g/mol. The normalized spacial score (nSPS) is 19.8. The lowest BCUT2D eigenvalue weighted by Crippen LogP contribution is -2.46. The third kappa shape index (κ3) is 3.98. The van der Waals surface area contributed by atoms with Gasteiger partial charge in [-0.15, -0.1) is 0 Å². The van der Waals surface area contributed by atoms with E-state index in [2.05, 4.69) is 0 Å². The lowest BCUT2D eigenvalue weighted by atomic mass is 10.2. The Labute approximate surface area is 101 Å². The Morgan fingerprint density at radius 2 is 2.00 bits per heavy atom. The fourth-order valence-electron chi connectivity index (χ4n) is 2.05. The third-order valence-corrected chi connectivity index (χ3v) is 3.03. The van der Waals surface area contributed by atoms with Crippen molar-refractivity contribution in [1.82, 2.24) is 9.80 Å². The molecule has 0 aromatic carbocycles. The first kappa shape index (κ1) is 13.9. The second kappa shape index (κ2) is 6.56. The molecule has 0 aromatic heterocycles. The van der Waals surface area contributed by atoms with E-state index in [1.54, 1.807) is 11.8 Å². The van der Waals surface area contributed by atoms with Crippen molar-refractivity contribution in [3.05, 3.63) is 0 Å². The number of carboxylic acids is 1. The van der Waals surface area contributed by atoms with E-state index in [4.69, 9.17) is 9.84 Å². The average molecular weight is 244 g/mol. The Morgan fingerprint density at radius 3 is 2.53 bits per heavy atom. The van der Waals surface area contributed by atoms with Crippen molar-refractivity contribution in [1.29, 1.82) is 0 Å². The van der Waals surface area contributed by atoms with Crippen LogP contribution in [0.25, 0.3) is 0 Å². The van der Waals surface area contributed by atoms with Gasteiger partial charge in [0.15, 0.2) is 0 Å². The highest BCUT2D eigenvalue weighted by molar-refractivity contribution is 5.74. The van der Waals surface area contributed by atoms with Crippen LogP contribution in [0.15, 0.2) is 0 Å². The van der Waals surface area contributed by atoms with Crippen LogP contribution in [0.3, 0.4) is 0 Å². The molecular formula is C11H20N2O4. The molecule has 1 rings (SSSR count). The van der Waals surface area contributed by atoms with Crippen molar-refractivity contribution >= 4 is 11.9 Å². The molecule has 0 aromatic rings. The summed E-state index contributed by atoms with van der Waals surface area (Å²) >= 11 is 0. The van der Waals surface area contributed by atoms with E-state index in [1.807, 2.05) is 4.90 Å². The lowest BCUT2D eigenvalue weighted by molar-refractivity contribution is -0.145. The number of ether oxygens (including phenoxy) is 1. The van der Waals surface area contributed by atoms with Gasteiger partial charge in [-0.3, -0.25) is 14.5 Å². The summed E-state index contributed by atoms with van der Waals surface area (Å²) in [5.74, 6) is -0.825. The topological polar surface area (TPSA) is 70.1 Å². The summed E-state index contributed by atoms with van der Waals surface area (Å²) in [6, 6.07) is -0.619. The van der Waals surface area contributed by atoms with Crippen LogP contribution in [-0.4, -0.2) is 72.7 Å². The summed E-state index contributed by atoms with van der Waals surface area (Å²) in [4.78, 5) is 26.0. The minimum atomic E-state index is -0.872. The number of carboxylic acid groups (broad SMARTS) is 1. The van der Waals surface area contributed by atoms with E-state index in [0.29, 0.717) is 26.2 Å². The summed E-state index contributed by atoms with van der Waals surface area (Å²) in [6.45, 7) is 4.27. The minimum Gasteiger partial charge on any atom is -0.480 e. The molecule has 6 heteroatoms. The van der Waals surface area contributed by atoms with E-state index in [0.717, 1.165) is 6.42 Å². The highest BCUT2D eigenvalue weighted by Crippen LogP contribution is 2.08. The number of rotatable bonds is 4. The van der Waals surface area contributed by atoms with Gasteiger partial charge in [-0.1, -0.05) is 0 Å². The predicted molar refractivity (Wildman–Crippen MR) is 61.7 cm³/mol. The van der Waals surface area contributed by atoms with Crippen LogP contribution in [0.5, 0.6) is 0 Å². The van der Waals surface area contributed by atoms with Gasteiger partial charge >= 0.3 is 5.97 Å². The second-order valence-corrected chi connectivity index (χ2v) is 4.20. The fourth-order valence-corrected chi connectivity index (χ4v) is 2.05. The summed E-state index contributed by atoms with van der Waals surface area (Å²) in [7, 11) is 1.50. The molecule has 0 radical (unpaired) electrons. The standard InChI is InChI=1S/C11H20N2O4/c1-9(14)12-4-3-5-13(7-6-12)10(8-17-2)11(15)16/h10H,3-8H2,1-2H3,(H,15,16). The zero-order valence-electron chi connectivity index (χ0n) is 10.4. The van der Waals surface area contributed by atoms with Gasteiger partial charge in [0.1, 0.15) is 6.04 Å². The number of carbonyl (C=O) groups excluding carboxylic acids is 1. The molecule has 1 fully saturated rings. The van der Waals surface area contributed by atoms with E-state index in [9.17, 15) is 9.59 Å². The van der Waals surface area contributed by atoms with Gasteiger partial charge in [-0.05, 0) is 6.42 Å². The number of carbonyl (C=O) groups is 2. The van der Waals surface area contributed by atoms with Crippen LogP contribution in [0.4, 0.5) is 0 Å². The monoisotopic (exact) mass is 244 g/mol. The Hall–Kier alpha value is -1.14. The average Bonchev–Trinajstić information content (AvgIpc) is 2.50. The lowest BCUT2D eigenvalue weighted by Gasteiger charge is -2.26. The molecule has 17 heavy (non-hydrogen) atoms. The summed E-state index contributed by atoms with van der Waals surface area (Å²) in [5.41, 5.74) is 0. The molecule has 0 bridgehead atoms. The van der Waals surface area contributed by atoms with Crippen molar-refractivity contribution in [2.45, 2.75) is 19.4 Å². The molecule has 0 spiro atoms. The van der Waals surface area contributed by atoms with Gasteiger partial charge in [0, 0.05) is 40.2 Å². The molecule has 0 saturated carbocycles. The van der Waals surface area contributed by atoms with E-state index in [-0.39, 0.29) is 12.5 Å². The molecule has 1 N–H and O–H groups in total. The molecule has 1 heterocycles. The van der Waals surface area contributed by atoms with Crippen LogP contribution in [0.2, 0.25) is 0 Å². The van der Waals surface area contributed by atoms with Crippen molar-refractivity contribution < 1.29 is 19.4 Å². The highest BCUT2D eigenvalue weighted by atomic mass is 16.5. The maximum absolute atomic E-state index is 11.3. The van der Waals surface area contributed by atoms with Crippen LogP contribution >= 0.6 is 0 Å². The first-order chi connectivity index (χ1) is 8.06. The number of hydrogen-bond donors (Lipinski definition) is 1. The van der Waals surface area contributed by atoms with Crippen molar-refractivity contribution in [3.8, 4) is 0 Å². The quantitative estimate of drug-likeness (QED) is 0.731. The zero-order valence-corrected chi connectivity index (χ0v) is 10.4. The van der Waals surface area contributed by atoms with Crippen molar-refractivity contribution in [2.75, 3.05) is 39.9 Å². The molecule has 1 amide bonds. The number of methoxy groups -OCH3 is 1. The SMILES string of the molecule is COCC(C(=O)O)N1CCCN(C(C)=O)CC1. The Bertz CT molecular complexity index is 283. The molecule has 6 nitrogen and oxygen atoms in total. The van der Waals surface area contributed by atoms with Gasteiger partial charge in [0.05, 0.1) is 6.61 Å². The van der Waals surface area contributed by atoms with E-state index in [1.165, 1.54) is 7.11 Å². The van der Waals surface area contributed by atoms with Gasteiger partial charge in [0.2, 0.25) is 5.91 Å². The summed E-state index contributed by atoms with van der Waals surface area (Å²) in [6.07, 6.45) is 0.799. The fraction of sp³-hybridized carbons (Fsp3) is 0.818. The summed E-state index contributed by atoms with van der Waals surface area (Å²) < 4.78 is 4.93. The number of amides is 1. The van der Waals surface area contributed by atoms with Gasteiger partial charge in [-0.2, -0.15) is 0 Å². The molecule has 1 atom stereocenters. The third-order valence-electron chi connectivity index (χ3n) is 3.03. The van der Waals surface area contributed by atoms with E-state index >= 15 is 0 Å². The van der Waals surface area contributed by atoms with Gasteiger partial charge < -0.3 is 14.7 Å². The Morgan fingerprint density at radius 1 is 1.29 bits per heavy atom. The second-order valence-electron chi connectivity index (χ2n) is 4.20. The van der Waals surface area contributed by atoms with E-state index < -0.39 is 12.0 Å². The first-order valence-electron chi connectivity index (χ1n) is 5.77. The molecule has 1 saturated heterocycles. The van der Waals surface area contributed by atoms with Gasteiger partial charge in [0.25, 0.3) is 0 Å². The predicted octanol–water partition coefficient (Wildman–Crippen LogP) is -0.360. The van der Waals surface area contributed by atoms with Crippen molar-refractivity contribution in [2.24, 2.45) is 0 Å². The zero-order chi connectivity index (χ0) is 12.8. The Kier molecular flexibility index (Phi) is 5.37. The smallest absolute Gasteiger partial charge is 0.323 e. The molecule has 98 valence electrons. The van der Waals surface area contributed by atoms with Crippen molar-refractivity contribution in [3.63, 3.8) is 0 Å². The Balaban J connectivity index is 2.59. The number of nitrogens with zero attached hydrogens (tertiary/aromatic N) is 2. The van der Waals surface area contributed by atoms with Crippen LogP contribution in [0.1, 0.15) is 13.3 Å². The molecule has 0 aliphatic carbocycles. The van der Waals surface area contributed by atoms with Gasteiger partial charge in [-0.25, -0.2) is 0 Å². The minimum absolute atomic E-state index is 0.0467. The maximum atomic E-state index is 11.3.